The van der Waals surface area contributed by atoms with Gasteiger partial charge in [0.1, 0.15) is 0 Å². The molecule has 1 aromatic heterocycles. The van der Waals surface area contributed by atoms with Crippen molar-refractivity contribution >= 4 is 38.4 Å². The number of benzene rings is 2. The van der Waals surface area contributed by atoms with Crippen LogP contribution in [0.15, 0.2) is 34.8 Å². The maximum Gasteiger partial charge on any atom is 0.0603 e. The van der Waals surface area contributed by atoms with Crippen LogP contribution in [0.25, 0.3) is 10.9 Å². The summed E-state index contributed by atoms with van der Waals surface area (Å²) in [6.45, 7) is 6.35. The van der Waals surface area contributed by atoms with Crippen molar-refractivity contribution in [2.24, 2.45) is 0 Å². The monoisotopic (exact) mass is 403 g/mol. The summed E-state index contributed by atoms with van der Waals surface area (Å²) in [5.74, 6) is 0. The van der Waals surface area contributed by atoms with Gasteiger partial charge < -0.3 is 4.98 Å². The maximum atomic E-state index is 6.26. The van der Waals surface area contributed by atoms with Gasteiger partial charge in [0, 0.05) is 20.6 Å². The Morgan fingerprint density at radius 1 is 1.00 bits per heavy atom. The maximum absolute atomic E-state index is 6.26. The molecule has 0 radical (unpaired) electrons. The molecule has 3 aromatic rings. The summed E-state index contributed by atoms with van der Waals surface area (Å²) >= 11 is 9.89. The molecule has 24 heavy (non-hydrogen) atoms. The molecule has 0 aliphatic rings. The van der Waals surface area contributed by atoms with Crippen molar-refractivity contribution in [3.63, 3.8) is 0 Å². The van der Waals surface area contributed by atoms with E-state index in [2.05, 4.69) is 72.0 Å². The van der Waals surface area contributed by atoms with Crippen molar-refractivity contribution in [2.75, 3.05) is 0 Å². The summed E-state index contributed by atoms with van der Waals surface area (Å²) < 4.78 is 1.14. The van der Waals surface area contributed by atoms with Gasteiger partial charge in [0.2, 0.25) is 0 Å². The number of rotatable bonds is 5. The minimum atomic E-state index is 0.902. The number of para-hydroxylation sites is 1. The van der Waals surface area contributed by atoms with Crippen LogP contribution in [-0.4, -0.2) is 4.98 Å². The average molecular weight is 405 g/mol. The molecule has 0 aliphatic carbocycles. The Hall–Kier alpha value is -1.25. The molecule has 0 saturated heterocycles. The predicted octanol–water partition coefficient (Wildman–Crippen LogP) is 7.07. The normalized spacial score (nSPS) is 11.4. The summed E-state index contributed by atoms with van der Waals surface area (Å²) in [6.07, 6.45) is 4.62. The fourth-order valence-corrected chi connectivity index (χ4v) is 4.08. The summed E-state index contributed by atoms with van der Waals surface area (Å²) in [5, 5.41) is 2.25. The van der Waals surface area contributed by atoms with Crippen LogP contribution < -0.4 is 0 Å². The number of nitrogens with one attached hydrogen (secondary N) is 1. The zero-order valence-electron chi connectivity index (χ0n) is 14.5. The average Bonchev–Trinajstić information content (AvgIpc) is 2.86. The second-order valence-corrected chi connectivity index (χ2v) is 7.87. The second kappa shape index (κ2) is 7.33. The van der Waals surface area contributed by atoms with Crippen LogP contribution in [0.2, 0.25) is 5.02 Å². The Kier molecular flexibility index (Phi) is 5.36. The fraction of sp³-hybridized carbons (Fsp3) is 0.333. The van der Waals surface area contributed by atoms with Crippen molar-refractivity contribution in [2.45, 2.75) is 46.5 Å². The van der Waals surface area contributed by atoms with E-state index >= 15 is 0 Å². The van der Waals surface area contributed by atoms with Crippen molar-refractivity contribution in [1.82, 2.24) is 4.98 Å². The van der Waals surface area contributed by atoms with E-state index in [0.717, 1.165) is 22.3 Å². The lowest BCUT2D eigenvalue weighted by molar-refractivity contribution is 0.733. The fourth-order valence-electron chi connectivity index (χ4n) is 3.50. The van der Waals surface area contributed by atoms with E-state index in [1.165, 1.54) is 51.7 Å². The van der Waals surface area contributed by atoms with Crippen molar-refractivity contribution in [3.05, 3.63) is 67.8 Å². The number of hydrogen-bond acceptors (Lipinski definition) is 0. The highest BCUT2D eigenvalue weighted by atomic mass is 79.9. The third-order valence-electron chi connectivity index (χ3n) is 4.74. The van der Waals surface area contributed by atoms with Gasteiger partial charge in [-0.15, -0.1) is 0 Å². The van der Waals surface area contributed by atoms with Crippen molar-refractivity contribution < 1.29 is 0 Å². The first-order chi connectivity index (χ1) is 11.5. The molecule has 3 rings (SSSR count). The molecular weight excluding hydrogens is 382 g/mol. The lowest BCUT2D eigenvalue weighted by Gasteiger charge is -2.08. The minimum Gasteiger partial charge on any atom is -0.357 e. The second-order valence-electron chi connectivity index (χ2n) is 6.64. The molecule has 0 bridgehead atoms. The molecule has 2 aromatic carbocycles. The SMILES string of the molecule is Cc1cc(CCCCc2c(C)[nH]c3c(Br)cccc23)cc(C)c1Cl. The van der Waals surface area contributed by atoms with E-state index in [-0.39, 0.29) is 0 Å². The van der Waals surface area contributed by atoms with Crippen LogP contribution in [0.3, 0.4) is 0 Å². The molecule has 0 unspecified atom stereocenters. The Morgan fingerprint density at radius 3 is 2.38 bits per heavy atom. The van der Waals surface area contributed by atoms with Gasteiger partial charge >= 0.3 is 0 Å². The molecule has 126 valence electrons. The van der Waals surface area contributed by atoms with E-state index < -0.39 is 0 Å². The van der Waals surface area contributed by atoms with Gasteiger partial charge in [-0.3, -0.25) is 0 Å². The van der Waals surface area contributed by atoms with Gasteiger partial charge in [0.05, 0.1) is 5.52 Å². The first-order valence-corrected chi connectivity index (χ1v) is 9.65. The number of hydrogen-bond donors (Lipinski definition) is 1. The van der Waals surface area contributed by atoms with Crippen LogP contribution in [0.1, 0.15) is 40.8 Å². The van der Waals surface area contributed by atoms with Crippen LogP contribution in [0.5, 0.6) is 0 Å². The summed E-state index contributed by atoms with van der Waals surface area (Å²) in [6, 6.07) is 10.9. The lowest BCUT2D eigenvalue weighted by Crippen LogP contribution is -1.93. The number of H-pyrrole nitrogens is 1. The molecule has 1 nitrogen and oxygen atoms in total. The van der Waals surface area contributed by atoms with Crippen molar-refractivity contribution in [1.29, 1.82) is 0 Å². The number of aryl methyl sites for hydroxylation is 5. The molecule has 0 aliphatic heterocycles. The number of aromatic amines is 1. The molecule has 3 heteroatoms. The molecule has 0 atom stereocenters. The summed E-state index contributed by atoms with van der Waals surface area (Å²) in [4.78, 5) is 3.51. The van der Waals surface area contributed by atoms with E-state index in [4.69, 9.17) is 11.6 Å². The van der Waals surface area contributed by atoms with Gasteiger partial charge in [0.25, 0.3) is 0 Å². The van der Waals surface area contributed by atoms with Gasteiger partial charge in [-0.25, -0.2) is 0 Å². The highest BCUT2D eigenvalue weighted by molar-refractivity contribution is 9.10. The first kappa shape index (κ1) is 17.6. The largest absolute Gasteiger partial charge is 0.357 e. The van der Waals surface area contributed by atoms with E-state index in [1.807, 2.05) is 0 Å². The number of fused-ring (bicyclic) bond motifs is 1. The van der Waals surface area contributed by atoms with E-state index in [0.29, 0.717) is 0 Å². The Bertz CT molecular complexity index is 856. The number of aromatic nitrogens is 1. The third kappa shape index (κ3) is 3.55. The summed E-state index contributed by atoms with van der Waals surface area (Å²) in [7, 11) is 0. The smallest absolute Gasteiger partial charge is 0.0603 e. The highest BCUT2D eigenvalue weighted by Gasteiger charge is 2.10. The molecule has 0 fully saturated rings. The first-order valence-electron chi connectivity index (χ1n) is 8.48. The zero-order chi connectivity index (χ0) is 17.3. The number of unbranched alkanes of at least 4 members (excludes halogenated alkanes) is 1. The minimum absolute atomic E-state index is 0.902. The number of halogens is 2. The molecule has 1 N–H and O–H groups in total. The molecule has 0 saturated carbocycles. The lowest BCUT2D eigenvalue weighted by atomic mass is 9.99. The van der Waals surface area contributed by atoms with Crippen LogP contribution in [0, 0.1) is 20.8 Å². The Balaban J connectivity index is 1.65. The van der Waals surface area contributed by atoms with Gasteiger partial charge in [-0.1, -0.05) is 35.9 Å². The van der Waals surface area contributed by atoms with Crippen LogP contribution in [-0.2, 0) is 12.8 Å². The van der Waals surface area contributed by atoms with Crippen LogP contribution in [0.4, 0.5) is 0 Å². The third-order valence-corrected chi connectivity index (χ3v) is 6.00. The zero-order valence-corrected chi connectivity index (χ0v) is 16.8. The molecule has 1 heterocycles. The standard InChI is InChI=1S/C21H23BrClN/c1-13-11-16(12-14(2)20(13)23)7-4-5-8-17-15(3)24-21-18(17)9-6-10-19(21)22/h6,9-12,24H,4-5,7-8H2,1-3H3. The summed E-state index contributed by atoms with van der Waals surface area (Å²) in [5.41, 5.74) is 7.72. The molecular formula is C21H23BrClN. The van der Waals surface area contributed by atoms with Crippen molar-refractivity contribution in [3.8, 4) is 0 Å². The quantitative estimate of drug-likeness (QED) is 0.437. The van der Waals surface area contributed by atoms with Gasteiger partial charge in [-0.05, 0) is 90.7 Å². The highest BCUT2D eigenvalue weighted by Crippen LogP contribution is 2.29. The Labute approximate surface area is 157 Å². The van der Waals surface area contributed by atoms with Gasteiger partial charge in [-0.2, -0.15) is 0 Å². The molecule has 0 amide bonds. The van der Waals surface area contributed by atoms with Crippen LogP contribution >= 0.6 is 27.5 Å². The predicted molar refractivity (Wildman–Crippen MR) is 108 cm³/mol. The van der Waals surface area contributed by atoms with E-state index in [1.54, 1.807) is 0 Å². The Morgan fingerprint density at radius 2 is 1.67 bits per heavy atom. The molecule has 0 spiro atoms. The van der Waals surface area contributed by atoms with E-state index in [9.17, 15) is 0 Å². The topological polar surface area (TPSA) is 15.8 Å². The van der Waals surface area contributed by atoms with Gasteiger partial charge in [0.15, 0.2) is 0 Å².